The van der Waals surface area contributed by atoms with Crippen LogP contribution < -0.4 is 10.5 Å². The van der Waals surface area contributed by atoms with Gasteiger partial charge in [0.05, 0.1) is 15.7 Å². The minimum Gasteiger partial charge on any atom is -0.454 e. The molecule has 0 saturated heterocycles. The van der Waals surface area contributed by atoms with Crippen LogP contribution in [-0.2, 0) is 0 Å². The van der Waals surface area contributed by atoms with Gasteiger partial charge in [-0.25, -0.2) is 4.39 Å². The summed E-state index contributed by atoms with van der Waals surface area (Å²) in [6.07, 6.45) is 0. The second-order valence-corrected chi connectivity index (χ2v) is 4.15. The van der Waals surface area contributed by atoms with E-state index in [1.807, 2.05) is 0 Å². The van der Waals surface area contributed by atoms with Gasteiger partial charge in [-0.05, 0) is 24.3 Å². The van der Waals surface area contributed by atoms with Crippen LogP contribution in [0.25, 0.3) is 0 Å². The van der Waals surface area contributed by atoms with Gasteiger partial charge in [0.25, 0.3) is 0 Å². The van der Waals surface area contributed by atoms with E-state index in [0.29, 0.717) is 16.5 Å². The highest BCUT2D eigenvalue weighted by atomic mass is 35.5. The second-order valence-electron chi connectivity index (χ2n) is 3.34. The Kier molecular flexibility index (Phi) is 3.41. The van der Waals surface area contributed by atoms with Crippen molar-refractivity contribution in [3.8, 4) is 11.5 Å². The molecule has 0 unspecified atom stereocenters. The van der Waals surface area contributed by atoms with Gasteiger partial charge >= 0.3 is 0 Å². The Hall–Kier alpha value is -1.45. The lowest BCUT2D eigenvalue weighted by Crippen LogP contribution is -1.93. The smallest absolute Gasteiger partial charge is 0.168 e. The summed E-state index contributed by atoms with van der Waals surface area (Å²) in [5.41, 5.74) is 6.09. The number of halogens is 3. The highest BCUT2D eigenvalue weighted by Gasteiger charge is 2.08. The Bertz CT molecular complexity index is 540. The fraction of sp³-hybridized carbons (Fsp3) is 0. The summed E-state index contributed by atoms with van der Waals surface area (Å²) in [7, 11) is 0. The first kappa shape index (κ1) is 12.0. The summed E-state index contributed by atoms with van der Waals surface area (Å²) < 4.78 is 18.6. The average Bonchev–Trinajstić information content (AvgIpc) is 2.28. The first-order chi connectivity index (χ1) is 8.08. The normalized spacial score (nSPS) is 10.3. The molecule has 17 heavy (non-hydrogen) atoms. The molecule has 5 heteroatoms. The molecule has 0 amide bonds. The van der Waals surface area contributed by atoms with E-state index < -0.39 is 5.82 Å². The summed E-state index contributed by atoms with van der Waals surface area (Å²) >= 11 is 11.5. The Morgan fingerprint density at radius 1 is 1.06 bits per heavy atom. The number of benzene rings is 2. The molecule has 0 radical (unpaired) electrons. The van der Waals surface area contributed by atoms with E-state index >= 15 is 0 Å². The molecule has 2 nitrogen and oxygen atoms in total. The minimum absolute atomic E-state index is 0.0319. The molecule has 0 fully saturated rings. The zero-order valence-electron chi connectivity index (χ0n) is 8.58. The number of nitrogen functional groups attached to an aromatic ring is 1. The predicted octanol–water partition coefficient (Wildman–Crippen LogP) is 4.51. The highest BCUT2D eigenvalue weighted by Crippen LogP contribution is 2.35. The average molecular weight is 272 g/mol. The maximum atomic E-state index is 13.2. The quantitative estimate of drug-likeness (QED) is 0.816. The van der Waals surface area contributed by atoms with Crippen LogP contribution >= 0.6 is 23.2 Å². The van der Waals surface area contributed by atoms with Gasteiger partial charge in [-0.15, -0.1) is 0 Å². The van der Waals surface area contributed by atoms with Crippen molar-refractivity contribution in [1.82, 2.24) is 0 Å². The van der Waals surface area contributed by atoms with E-state index in [2.05, 4.69) is 0 Å². The number of anilines is 1. The van der Waals surface area contributed by atoms with Crippen molar-refractivity contribution >= 4 is 28.9 Å². The number of rotatable bonds is 2. The highest BCUT2D eigenvalue weighted by molar-refractivity contribution is 6.32. The van der Waals surface area contributed by atoms with Crippen LogP contribution in [0.2, 0.25) is 10.0 Å². The maximum Gasteiger partial charge on any atom is 0.168 e. The van der Waals surface area contributed by atoms with Gasteiger partial charge in [-0.1, -0.05) is 29.3 Å². The van der Waals surface area contributed by atoms with Crippen LogP contribution in [0.15, 0.2) is 36.4 Å². The van der Waals surface area contributed by atoms with E-state index in [0.717, 1.165) is 0 Å². The van der Waals surface area contributed by atoms with Crippen molar-refractivity contribution in [2.45, 2.75) is 0 Å². The van der Waals surface area contributed by atoms with Crippen molar-refractivity contribution in [2.75, 3.05) is 5.73 Å². The van der Waals surface area contributed by atoms with Crippen molar-refractivity contribution in [3.05, 3.63) is 52.3 Å². The molecule has 2 N–H and O–H groups in total. The van der Waals surface area contributed by atoms with Crippen LogP contribution in [0.4, 0.5) is 10.1 Å². The third-order valence-corrected chi connectivity index (χ3v) is 2.71. The zero-order chi connectivity index (χ0) is 12.4. The minimum atomic E-state index is -0.560. The fourth-order valence-corrected chi connectivity index (χ4v) is 1.63. The molecule has 2 aromatic carbocycles. The molecule has 0 atom stereocenters. The summed E-state index contributed by atoms with van der Waals surface area (Å²) in [4.78, 5) is 0. The van der Waals surface area contributed by atoms with Crippen LogP contribution in [0.1, 0.15) is 0 Å². The Balaban J connectivity index is 2.35. The van der Waals surface area contributed by atoms with Gasteiger partial charge in [0.1, 0.15) is 11.6 Å². The Morgan fingerprint density at radius 3 is 2.47 bits per heavy atom. The molecule has 0 bridgehead atoms. The lowest BCUT2D eigenvalue weighted by Gasteiger charge is -2.10. The summed E-state index contributed by atoms with van der Waals surface area (Å²) in [5, 5.41) is 0.393. The van der Waals surface area contributed by atoms with Gasteiger partial charge in [0, 0.05) is 6.07 Å². The number of nitrogens with two attached hydrogens (primary N) is 1. The molecule has 2 aromatic rings. The molecule has 0 aliphatic heterocycles. The monoisotopic (exact) mass is 271 g/mol. The SMILES string of the molecule is Nc1cccc(Cl)c1Oc1ccc(Cl)c(F)c1. The largest absolute Gasteiger partial charge is 0.454 e. The lowest BCUT2D eigenvalue weighted by atomic mass is 10.3. The number of hydrogen-bond acceptors (Lipinski definition) is 2. The first-order valence-corrected chi connectivity index (χ1v) is 5.50. The molecule has 0 heterocycles. The van der Waals surface area contributed by atoms with Crippen LogP contribution in [-0.4, -0.2) is 0 Å². The van der Waals surface area contributed by atoms with Crippen LogP contribution in [0.3, 0.4) is 0 Å². The van der Waals surface area contributed by atoms with E-state index in [9.17, 15) is 4.39 Å². The second kappa shape index (κ2) is 4.82. The van der Waals surface area contributed by atoms with Crippen molar-refractivity contribution < 1.29 is 9.13 Å². The van der Waals surface area contributed by atoms with Crippen molar-refractivity contribution in [2.24, 2.45) is 0 Å². The van der Waals surface area contributed by atoms with Gasteiger partial charge in [-0.2, -0.15) is 0 Å². The molecule has 0 aliphatic carbocycles. The van der Waals surface area contributed by atoms with Gasteiger partial charge < -0.3 is 10.5 Å². The van der Waals surface area contributed by atoms with Crippen LogP contribution in [0, 0.1) is 5.82 Å². The topological polar surface area (TPSA) is 35.2 Å². The predicted molar refractivity (Wildman–Crippen MR) is 67.3 cm³/mol. The summed E-state index contributed by atoms with van der Waals surface area (Å²) in [6, 6.07) is 9.10. The van der Waals surface area contributed by atoms with Gasteiger partial charge in [0.15, 0.2) is 5.75 Å². The number of para-hydroxylation sites is 1. The molecule has 0 aromatic heterocycles. The van der Waals surface area contributed by atoms with Crippen molar-refractivity contribution in [3.63, 3.8) is 0 Å². The van der Waals surface area contributed by atoms with E-state index in [1.165, 1.54) is 18.2 Å². The van der Waals surface area contributed by atoms with E-state index in [4.69, 9.17) is 33.7 Å². The lowest BCUT2D eigenvalue weighted by molar-refractivity contribution is 0.479. The van der Waals surface area contributed by atoms with Crippen molar-refractivity contribution in [1.29, 1.82) is 0 Å². The molecule has 0 saturated carbocycles. The molecule has 0 spiro atoms. The molecule has 2 rings (SSSR count). The van der Waals surface area contributed by atoms with Gasteiger partial charge in [-0.3, -0.25) is 0 Å². The molecule has 88 valence electrons. The maximum absolute atomic E-state index is 13.2. The zero-order valence-corrected chi connectivity index (χ0v) is 10.1. The van der Waals surface area contributed by atoms with Gasteiger partial charge in [0.2, 0.25) is 0 Å². The molecule has 0 aliphatic rings. The molecular weight excluding hydrogens is 264 g/mol. The molecular formula is C12H8Cl2FNO. The Labute approximate surface area is 108 Å². The fourth-order valence-electron chi connectivity index (χ4n) is 1.29. The third-order valence-electron chi connectivity index (χ3n) is 2.11. The standard InChI is InChI=1S/C12H8Cl2FNO/c13-8-5-4-7(6-10(8)15)17-12-9(14)2-1-3-11(12)16/h1-6H,16H2. The summed E-state index contributed by atoms with van der Waals surface area (Å²) in [5.74, 6) is 0.0254. The van der Waals surface area contributed by atoms with E-state index in [1.54, 1.807) is 18.2 Å². The Morgan fingerprint density at radius 2 is 1.82 bits per heavy atom. The van der Waals surface area contributed by atoms with Crippen LogP contribution in [0.5, 0.6) is 11.5 Å². The number of hydrogen-bond donors (Lipinski definition) is 1. The summed E-state index contributed by atoms with van der Waals surface area (Å²) in [6.45, 7) is 0. The first-order valence-electron chi connectivity index (χ1n) is 4.75. The third kappa shape index (κ3) is 2.62. The van der Waals surface area contributed by atoms with E-state index in [-0.39, 0.29) is 10.8 Å². The number of ether oxygens (including phenoxy) is 1.